The average molecular weight is 154 g/mol. The van der Waals surface area contributed by atoms with Crippen molar-refractivity contribution in [1.82, 2.24) is 0 Å². The molecule has 0 aromatic carbocycles. The highest BCUT2D eigenvalue weighted by Gasteiger charge is 2.34. The van der Waals surface area contributed by atoms with Crippen LogP contribution in [0.25, 0.3) is 0 Å². The minimum Gasteiger partial charge on any atom is -0.0649 e. The molecular weight excluding hydrogens is 132 g/mol. The molecule has 3 unspecified atom stereocenters. The summed E-state index contributed by atoms with van der Waals surface area (Å²) in [4.78, 5) is 0. The van der Waals surface area contributed by atoms with E-state index in [4.69, 9.17) is 0 Å². The Labute approximate surface area is 71.4 Å². The summed E-state index contributed by atoms with van der Waals surface area (Å²) in [6.07, 6.45) is 5.71. The molecule has 0 spiro atoms. The van der Waals surface area contributed by atoms with E-state index in [1.165, 1.54) is 25.7 Å². The highest BCUT2D eigenvalue weighted by Crippen LogP contribution is 2.45. The van der Waals surface area contributed by atoms with E-state index in [2.05, 4.69) is 27.7 Å². The first-order chi connectivity index (χ1) is 5.08. The second kappa shape index (κ2) is 3.16. The maximum Gasteiger partial charge on any atom is -0.0300 e. The first kappa shape index (κ1) is 9.09. The molecule has 0 N–H and O–H groups in total. The van der Waals surface area contributed by atoms with E-state index < -0.39 is 0 Å². The molecule has 0 aromatic rings. The predicted octanol–water partition coefficient (Wildman–Crippen LogP) is 3.86. The predicted molar refractivity (Wildman–Crippen MR) is 50.6 cm³/mol. The third kappa shape index (κ3) is 1.77. The van der Waals surface area contributed by atoms with E-state index in [1.807, 2.05) is 0 Å². The van der Waals surface area contributed by atoms with Gasteiger partial charge in [-0.1, -0.05) is 40.5 Å². The van der Waals surface area contributed by atoms with Crippen LogP contribution in [0.15, 0.2) is 0 Å². The van der Waals surface area contributed by atoms with Gasteiger partial charge in [0.05, 0.1) is 0 Å². The third-order valence-corrected chi connectivity index (χ3v) is 3.90. The van der Waals surface area contributed by atoms with E-state index in [0.29, 0.717) is 5.41 Å². The molecule has 0 heterocycles. The summed E-state index contributed by atoms with van der Waals surface area (Å²) in [5.41, 5.74) is 0.650. The van der Waals surface area contributed by atoms with Crippen LogP contribution in [0, 0.1) is 17.3 Å². The molecule has 0 heteroatoms. The highest BCUT2D eigenvalue weighted by atomic mass is 14.4. The van der Waals surface area contributed by atoms with E-state index >= 15 is 0 Å². The van der Waals surface area contributed by atoms with Gasteiger partial charge in [-0.2, -0.15) is 0 Å². The zero-order valence-electron chi connectivity index (χ0n) is 8.48. The van der Waals surface area contributed by atoms with Crippen LogP contribution in [0.1, 0.15) is 53.4 Å². The Morgan fingerprint density at radius 1 is 1.27 bits per heavy atom. The lowest BCUT2D eigenvalue weighted by Crippen LogP contribution is -2.31. The van der Waals surface area contributed by atoms with Gasteiger partial charge in [0, 0.05) is 0 Å². The highest BCUT2D eigenvalue weighted by molar-refractivity contribution is 4.85. The number of hydrogen-bond acceptors (Lipinski definition) is 0. The molecule has 0 aromatic heterocycles. The Balaban J connectivity index is 2.60. The van der Waals surface area contributed by atoms with Crippen LogP contribution in [-0.2, 0) is 0 Å². The lowest BCUT2D eigenvalue weighted by Gasteiger charge is -2.42. The third-order valence-electron chi connectivity index (χ3n) is 3.90. The summed E-state index contributed by atoms with van der Waals surface area (Å²) in [6.45, 7) is 9.64. The summed E-state index contributed by atoms with van der Waals surface area (Å²) in [7, 11) is 0. The fourth-order valence-corrected chi connectivity index (χ4v) is 2.48. The van der Waals surface area contributed by atoms with Crippen molar-refractivity contribution in [1.29, 1.82) is 0 Å². The van der Waals surface area contributed by atoms with Gasteiger partial charge < -0.3 is 0 Å². The largest absolute Gasteiger partial charge is 0.0649 e. The van der Waals surface area contributed by atoms with Crippen LogP contribution in [0.2, 0.25) is 0 Å². The summed E-state index contributed by atoms with van der Waals surface area (Å²) >= 11 is 0. The zero-order valence-corrected chi connectivity index (χ0v) is 8.48. The SMILES string of the molecule is CCC1(C)CC(C)CCC1C. The monoisotopic (exact) mass is 154 g/mol. The molecule has 1 aliphatic rings. The maximum atomic E-state index is 2.47. The quantitative estimate of drug-likeness (QED) is 0.538. The van der Waals surface area contributed by atoms with Gasteiger partial charge in [0.1, 0.15) is 0 Å². The Morgan fingerprint density at radius 2 is 1.91 bits per heavy atom. The van der Waals surface area contributed by atoms with Crippen LogP contribution < -0.4 is 0 Å². The molecule has 0 amide bonds. The molecule has 1 fully saturated rings. The Morgan fingerprint density at radius 3 is 2.36 bits per heavy atom. The van der Waals surface area contributed by atoms with Crippen LogP contribution in [0.4, 0.5) is 0 Å². The molecule has 3 atom stereocenters. The molecule has 0 nitrogen and oxygen atoms in total. The van der Waals surface area contributed by atoms with Gasteiger partial charge in [0.2, 0.25) is 0 Å². The molecule has 0 aliphatic heterocycles. The number of hydrogen-bond donors (Lipinski definition) is 0. The van der Waals surface area contributed by atoms with Crippen molar-refractivity contribution >= 4 is 0 Å². The van der Waals surface area contributed by atoms with Gasteiger partial charge in [-0.05, 0) is 30.1 Å². The molecule has 66 valence electrons. The van der Waals surface area contributed by atoms with E-state index in [1.54, 1.807) is 0 Å². The lowest BCUT2D eigenvalue weighted by molar-refractivity contribution is 0.0901. The maximum absolute atomic E-state index is 2.47. The fourth-order valence-electron chi connectivity index (χ4n) is 2.48. The van der Waals surface area contributed by atoms with Gasteiger partial charge in [-0.15, -0.1) is 0 Å². The molecule has 1 aliphatic carbocycles. The molecular formula is C11H22. The Kier molecular flexibility index (Phi) is 2.61. The van der Waals surface area contributed by atoms with Gasteiger partial charge in [0.25, 0.3) is 0 Å². The topological polar surface area (TPSA) is 0 Å². The minimum atomic E-state index is 0.650. The summed E-state index contributed by atoms with van der Waals surface area (Å²) in [5, 5.41) is 0. The van der Waals surface area contributed by atoms with Gasteiger partial charge in [-0.25, -0.2) is 0 Å². The van der Waals surface area contributed by atoms with Gasteiger partial charge in [-0.3, -0.25) is 0 Å². The van der Waals surface area contributed by atoms with Crippen molar-refractivity contribution in [3.05, 3.63) is 0 Å². The molecule has 0 bridgehead atoms. The van der Waals surface area contributed by atoms with Crippen LogP contribution in [0.3, 0.4) is 0 Å². The van der Waals surface area contributed by atoms with E-state index in [-0.39, 0.29) is 0 Å². The first-order valence-electron chi connectivity index (χ1n) is 5.08. The normalized spacial score (nSPS) is 45.8. The average Bonchev–Trinajstić information content (AvgIpc) is 1.98. The summed E-state index contributed by atoms with van der Waals surface area (Å²) in [6, 6.07) is 0. The van der Waals surface area contributed by atoms with E-state index in [0.717, 1.165) is 11.8 Å². The molecule has 11 heavy (non-hydrogen) atoms. The molecule has 1 saturated carbocycles. The summed E-state index contributed by atoms with van der Waals surface area (Å²) < 4.78 is 0. The minimum absolute atomic E-state index is 0.650. The van der Waals surface area contributed by atoms with Crippen molar-refractivity contribution in [3.63, 3.8) is 0 Å². The van der Waals surface area contributed by atoms with Crippen LogP contribution in [0.5, 0.6) is 0 Å². The van der Waals surface area contributed by atoms with E-state index in [9.17, 15) is 0 Å². The Bertz CT molecular complexity index is 128. The van der Waals surface area contributed by atoms with Gasteiger partial charge in [0.15, 0.2) is 0 Å². The molecule has 0 saturated heterocycles. The van der Waals surface area contributed by atoms with Crippen molar-refractivity contribution < 1.29 is 0 Å². The van der Waals surface area contributed by atoms with Gasteiger partial charge >= 0.3 is 0 Å². The molecule has 0 radical (unpaired) electrons. The lowest BCUT2D eigenvalue weighted by atomic mass is 9.64. The second-order valence-electron chi connectivity index (χ2n) is 4.80. The van der Waals surface area contributed by atoms with Crippen molar-refractivity contribution in [2.45, 2.75) is 53.4 Å². The van der Waals surface area contributed by atoms with Crippen molar-refractivity contribution in [2.24, 2.45) is 17.3 Å². The van der Waals surface area contributed by atoms with Crippen LogP contribution in [-0.4, -0.2) is 0 Å². The Hall–Kier alpha value is 0. The standard InChI is InChI=1S/C11H22/c1-5-11(4)8-9(2)6-7-10(11)3/h9-10H,5-8H2,1-4H3. The van der Waals surface area contributed by atoms with Crippen molar-refractivity contribution in [2.75, 3.05) is 0 Å². The number of rotatable bonds is 1. The van der Waals surface area contributed by atoms with Crippen LogP contribution >= 0.6 is 0 Å². The smallest absolute Gasteiger partial charge is 0.0300 e. The fraction of sp³-hybridized carbons (Fsp3) is 1.00. The second-order valence-corrected chi connectivity index (χ2v) is 4.80. The zero-order chi connectivity index (χ0) is 8.48. The summed E-state index contributed by atoms with van der Waals surface area (Å²) in [5.74, 6) is 1.92. The van der Waals surface area contributed by atoms with Crippen molar-refractivity contribution in [3.8, 4) is 0 Å². The molecule has 1 rings (SSSR count). The first-order valence-corrected chi connectivity index (χ1v) is 5.08.